The number of benzene rings is 3. The predicted octanol–water partition coefficient (Wildman–Crippen LogP) is 4.25. The summed E-state index contributed by atoms with van der Waals surface area (Å²) >= 11 is 3.31. The van der Waals surface area contributed by atoms with Crippen LogP contribution in [0.3, 0.4) is 0 Å². The summed E-state index contributed by atoms with van der Waals surface area (Å²) in [4.78, 5) is 12.8. The van der Waals surface area contributed by atoms with Gasteiger partial charge in [-0.25, -0.2) is 8.42 Å². The highest BCUT2D eigenvalue weighted by atomic mass is 79.9. The molecule has 0 aliphatic heterocycles. The molecule has 0 aromatic heterocycles. The number of hydrogen-bond donors (Lipinski definition) is 1. The summed E-state index contributed by atoms with van der Waals surface area (Å²) in [5.74, 6) is 1.50. The van der Waals surface area contributed by atoms with Crippen LogP contribution in [0.2, 0.25) is 0 Å². The summed E-state index contributed by atoms with van der Waals surface area (Å²) in [6.07, 6.45) is 0. The van der Waals surface area contributed by atoms with Crippen molar-refractivity contribution < 1.29 is 27.4 Å². The first-order valence-electron chi connectivity index (χ1n) is 10.9. The van der Waals surface area contributed by atoms with Crippen LogP contribution in [0.1, 0.15) is 6.92 Å². The van der Waals surface area contributed by atoms with Crippen molar-refractivity contribution in [3.05, 3.63) is 77.3 Å². The highest BCUT2D eigenvalue weighted by Gasteiger charge is 2.27. The normalized spacial score (nSPS) is 10.9. The number of rotatable bonds is 12. The van der Waals surface area contributed by atoms with E-state index in [0.717, 1.165) is 8.78 Å². The first kappa shape index (κ1) is 26.4. The fourth-order valence-corrected chi connectivity index (χ4v) is 4.83. The van der Waals surface area contributed by atoms with E-state index in [1.807, 2.05) is 6.92 Å². The molecule has 186 valence electrons. The first-order valence-corrected chi connectivity index (χ1v) is 13.1. The summed E-state index contributed by atoms with van der Waals surface area (Å²) in [6, 6.07) is 19.9. The van der Waals surface area contributed by atoms with Crippen LogP contribution in [0.4, 0.5) is 5.69 Å². The van der Waals surface area contributed by atoms with E-state index in [9.17, 15) is 13.2 Å². The van der Waals surface area contributed by atoms with Gasteiger partial charge in [-0.05, 0) is 79.7 Å². The third-order valence-electron chi connectivity index (χ3n) is 4.88. The lowest BCUT2D eigenvalue weighted by Crippen LogP contribution is -2.41. The molecule has 3 aromatic carbocycles. The molecule has 0 atom stereocenters. The van der Waals surface area contributed by atoms with E-state index < -0.39 is 22.5 Å². The maximum Gasteiger partial charge on any atom is 0.264 e. The molecule has 0 aliphatic carbocycles. The molecule has 3 aromatic rings. The molecule has 0 heterocycles. The Bertz CT molecular complexity index is 1200. The molecule has 35 heavy (non-hydrogen) atoms. The second-order valence-corrected chi connectivity index (χ2v) is 10.0. The molecule has 0 fully saturated rings. The van der Waals surface area contributed by atoms with Crippen LogP contribution >= 0.6 is 15.9 Å². The highest BCUT2D eigenvalue weighted by molar-refractivity contribution is 9.10. The number of sulfonamides is 1. The Kier molecular flexibility index (Phi) is 9.39. The Morgan fingerprint density at radius 2 is 1.46 bits per heavy atom. The molecule has 3 rings (SSSR count). The summed E-state index contributed by atoms with van der Waals surface area (Å²) in [5, 5.41) is 2.71. The van der Waals surface area contributed by atoms with E-state index in [1.54, 1.807) is 67.8 Å². The minimum absolute atomic E-state index is 0.0743. The lowest BCUT2D eigenvalue weighted by Gasteiger charge is -2.24. The van der Waals surface area contributed by atoms with Gasteiger partial charge in [0, 0.05) is 4.47 Å². The van der Waals surface area contributed by atoms with E-state index in [-0.39, 0.29) is 18.0 Å². The molecular formula is C25H27BrN2O6S. The van der Waals surface area contributed by atoms with Crippen molar-refractivity contribution in [2.45, 2.75) is 11.8 Å². The van der Waals surface area contributed by atoms with Gasteiger partial charge in [-0.15, -0.1) is 0 Å². The highest BCUT2D eigenvalue weighted by Crippen LogP contribution is 2.26. The monoisotopic (exact) mass is 562 g/mol. The lowest BCUT2D eigenvalue weighted by atomic mass is 10.3. The van der Waals surface area contributed by atoms with Crippen molar-refractivity contribution in [1.82, 2.24) is 5.32 Å². The molecule has 0 unspecified atom stereocenters. The number of methoxy groups -OCH3 is 1. The molecule has 0 spiro atoms. The van der Waals surface area contributed by atoms with Gasteiger partial charge in [0.05, 0.1) is 30.8 Å². The Hall–Kier alpha value is -3.24. The Morgan fingerprint density at radius 1 is 0.886 bits per heavy atom. The van der Waals surface area contributed by atoms with Crippen LogP contribution in [-0.2, 0) is 14.8 Å². The number of carbonyl (C=O) groups is 1. The van der Waals surface area contributed by atoms with Gasteiger partial charge in [0.15, 0.2) is 0 Å². The number of carbonyl (C=O) groups excluding carboxylic acids is 1. The van der Waals surface area contributed by atoms with Crippen molar-refractivity contribution in [2.24, 2.45) is 0 Å². The standard InChI is InChI=1S/C25H27BrN2O6S/c1-3-33-22-8-6-20(7-9-22)28(35(30,31)24-14-4-19(26)5-15-24)18-25(29)27-16-17-34-23-12-10-21(32-2)11-13-23/h4-15H,3,16-18H2,1-2H3,(H,27,29). The zero-order chi connectivity index (χ0) is 25.3. The van der Waals surface area contributed by atoms with E-state index in [0.29, 0.717) is 29.5 Å². The van der Waals surface area contributed by atoms with E-state index in [1.165, 1.54) is 12.1 Å². The van der Waals surface area contributed by atoms with Crippen molar-refractivity contribution in [3.8, 4) is 17.2 Å². The molecule has 0 bridgehead atoms. The SMILES string of the molecule is CCOc1ccc(N(CC(=O)NCCOc2ccc(OC)cc2)S(=O)(=O)c2ccc(Br)cc2)cc1. The molecule has 1 N–H and O–H groups in total. The van der Waals surface area contributed by atoms with E-state index >= 15 is 0 Å². The maximum atomic E-state index is 13.4. The summed E-state index contributed by atoms with van der Waals surface area (Å²) in [7, 11) is -2.42. The summed E-state index contributed by atoms with van der Waals surface area (Å²) in [5.41, 5.74) is 0.348. The van der Waals surface area contributed by atoms with Crippen LogP contribution in [0, 0.1) is 0 Å². The van der Waals surface area contributed by atoms with Crippen molar-refractivity contribution >= 4 is 37.5 Å². The zero-order valence-corrected chi connectivity index (χ0v) is 21.8. The minimum atomic E-state index is -4.00. The van der Waals surface area contributed by atoms with E-state index in [2.05, 4.69) is 21.2 Å². The number of hydrogen-bond acceptors (Lipinski definition) is 6. The topological polar surface area (TPSA) is 94.2 Å². The third kappa shape index (κ3) is 7.37. The first-order chi connectivity index (χ1) is 16.8. The fourth-order valence-electron chi connectivity index (χ4n) is 3.14. The van der Waals surface area contributed by atoms with Gasteiger partial charge in [0.1, 0.15) is 30.4 Å². The summed E-state index contributed by atoms with van der Waals surface area (Å²) < 4.78 is 44.8. The molecular weight excluding hydrogens is 536 g/mol. The van der Waals surface area contributed by atoms with Gasteiger partial charge >= 0.3 is 0 Å². The molecule has 0 saturated heterocycles. The quantitative estimate of drug-likeness (QED) is 0.332. The second kappa shape index (κ2) is 12.5. The van der Waals surface area contributed by atoms with Gasteiger partial charge in [-0.1, -0.05) is 15.9 Å². The largest absolute Gasteiger partial charge is 0.497 e. The average molecular weight is 563 g/mol. The van der Waals surface area contributed by atoms with Crippen LogP contribution < -0.4 is 23.8 Å². The average Bonchev–Trinajstić information content (AvgIpc) is 2.86. The lowest BCUT2D eigenvalue weighted by molar-refractivity contribution is -0.119. The number of amides is 1. The van der Waals surface area contributed by atoms with Crippen LogP contribution in [0.5, 0.6) is 17.2 Å². The van der Waals surface area contributed by atoms with Crippen molar-refractivity contribution in [2.75, 3.05) is 37.7 Å². The molecule has 0 aliphatic rings. The number of nitrogens with zero attached hydrogens (tertiary/aromatic N) is 1. The third-order valence-corrected chi connectivity index (χ3v) is 7.19. The van der Waals surface area contributed by atoms with Gasteiger partial charge in [0.25, 0.3) is 10.0 Å². The van der Waals surface area contributed by atoms with Crippen LogP contribution in [0.25, 0.3) is 0 Å². The van der Waals surface area contributed by atoms with Gasteiger partial charge in [-0.3, -0.25) is 9.10 Å². The number of nitrogens with one attached hydrogen (secondary N) is 1. The second-order valence-electron chi connectivity index (χ2n) is 7.27. The van der Waals surface area contributed by atoms with Gasteiger partial charge in [0.2, 0.25) is 5.91 Å². The Morgan fingerprint density at radius 3 is 2.06 bits per heavy atom. The predicted molar refractivity (Wildman–Crippen MR) is 138 cm³/mol. The molecule has 1 amide bonds. The molecule has 8 nitrogen and oxygen atoms in total. The maximum absolute atomic E-state index is 13.4. The zero-order valence-electron chi connectivity index (χ0n) is 19.4. The number of ether oxygens (including phenoxy) is 3. The Labute approximate surface area is 214 Å². The van der Waals surface area contributed by atoms with Gasteiger partial charge in [-0.2, -0.15) is 0 Å². The fraction of sp³-hybridized carbons (Fsp3) is 0.240. The van der Waals surface area contributed by atoms with E-state index in [4.69, 9.17) is 14.2 Å². The smallest absolute Gasteiger partial charge is 0.264 e. The number of halogens is 1. The minimum Gasteiger partial charge on any atom is -0.497 e. The number of anilines is 1. The molecule has 10 heteroatoms. The Balaban J connectivity index is 1.69. The summed E-state index contributed by atoms with van der Waals surface area (Å²) in [6.45, 7) is 2.39. The van der Waals surface area contributed by atoms with Crippen molar-refractivity contribution in [3.63, 3.8) is 0 Å². The van der Waals surface area contributed by atoms with Gasteiger partial charge < -0.3 is 19.5 Å². The molecule has 0 radical (unpaired) electrons. The van der Waals surface area contributed by atoms with Crippen LogP contribution in [0.15, 0.2) is 82.2 Å². The van der Waals surface area contributed by atoms with Crippen molar-refractivity contribution in [1.29, 1.82) is 0 Å². The van der Waals surface area contributed by atoms with Crippen LogP contribution in [-0.4, -0.2) is 47.7 Å². The molecule has 0 saturated carbocycles.